The molecule has 0 aliphatic rings. The van der Waals surface area contributed by atoms with E-state index in [1.54, 1.807) is 25.1 Å². The van der Waals surface area contributed by atoms with Gasteiger partial charge < -0.3 is 5.11 Å². The minimum atomic E-state index is 0.203. The smallest absolute Gasteiger partial charge is 0.124 e. The Bertz CT molecular complexity index is 283. The number of rotatable bonds is 1. The first-order valence-corrected chi connectivity index (χ1v) is 3.53. The summed E-state index contributed by atoms with van der Waals surface area (Å²) in [6.07, 6.45) is 0. The van der Waals surface area contributed by atoms with Gasteiger partial charge in [0.05, 0.1) is 5.71 Å². The number of phenolic OH excluding ortho intramolecular Hbond substituents is 1. The average Bonchev–Trinajstić information content (AvgIpc) is 2.04. The van der Waals surface area contributed by atoms with Gasteiger partial charge in [-0.2, -0.15) is 4.51 Å². The van der Waals surface area contributed by atoms with E-state index in [2.05, 4.69) is 4.51 Å². The summed E-state index contributed by atoms with van der Waals surface area (Å²) in [7, 11) is 0. The van der Waals surface area contributed by atoms with E-state index >= 15 is 0 Å². The Kier molecular flexibility index (Phi) is 2.49. The van der Waals surface area contributed by atoms with Crippen LogP contribution in [0.2, 0.25) is 0 Å². The molecule has 1 rings (SSSR count). The van der Waals surface area contributed by atoms with Gasteiger partial charge in [0.1, 0.15) is 5.75 Å². The van der Waals surface area contributed by atoms with E-state index in [1.165, 1.54) is 0 Å². The van der Waals surface area contributed by atoms with Gasteiger partial charge in [-0.1, -0.05) is 12.1 Å². The Morgan fingerprint density at radius 1 is 1.45 bits per heavy atom. The molecule has 0 aliphatic carbocycles. The van der Waals surface area contributed by atoms with Crippen molar-refractivity contribution in [3.63, 3.8) is 0 Å². The van der Waals surface area contributed by atoms with Gasteiger partial charge in [0.15, 0.2) is 0 Å². The van der Waals surface area contributed by atoms with Crippen molar-refractivity contribution in [2.24, 2.45) is 4.51 Å². The van der Waals surface area contributed by atoms with Gasteiger partial charge in [-0.25, -0.2) is 0 Å². The Labute approximate surface area is 70.3 Å². The highest BCUT2D eigenvalue weighted by Gasteiger charge is 2.01. The second-order valence-electron chi connectivity index (χ2n) is 2.19. The van der Waals surface area contributed by atoms with Crippen LogP contribution in [0.3, 0.4) is 0 Å². The first kappa shape index (κ1) is 8.08. The summed E-state index contributed by atoms with van der Waals surface area (Å²) in [6, 6.07) is 6.93. The number of para-hydroxylation sites is 1. The first-order chi connectivity index (χ1) is 5.25. The Hall–Kier alpha value is -1.02. The molecule has 0 saturated heterocycles. The largest absolute Gasteiger partial charge is 0.507 e. The topological polar surface area (TPSA) is 32.6 Å². The monoisotopic (exact) mass is 169 g/mol. The average molecular weight is 170 g/mol. The number of phenols is 1. The minimum Gasteiger partial charge on any atom is -0.507 e. The normalized spacial score (nSPS) is 11.6. The third kappa shape index (κ3) is 1.71. The molecule has 0 unspecified atom stereocenters. The lowest BCUT2D eigenvalue weighted by molar-refractivity contribution is 0.474. The fraction of sp³-hybridized carbons (Fsp3) is 0.125. The quantitative estimate of drug-likeness (QED) is 0.644. The van der Waals surface area contributed by atoms with Crippen molar-refractivity contribution in [1.29, 1.82) is 0 Å². The van der Waals surface area contributed by atoms with Crippen LogP contribution in [0.1, 0.15) is 12.5 Å². The van der Waals surface area contributed by atoms with Crippen LogP contribution in [0.4, 0.5) is 0 Å². The molecule has 0 heterocycles. The highest BCUT2D eigenvalue weighted by molar-refractivity contribution is 6.22. The number of aromatic hydroxyl groups is 1. The Balaban J connectivity index is 3.14. The number of nitrogens with zero attached hydrogens (tertiary/aromatic N) is 1. The summed E-state index contributed by atoms with van der Waals surface area (Å²) < 4.78 is 3.45. The van der Waals surface area contributed by atoms with Crippen LogP contribution in [-0.2, 0) is 0 Å². The fourth-order valence-corrected chi connectivity index (χ4v) is 0.916. The summed E-state index contributed by atoms with van der Waals surface area (Å²) in [5.41, 5.74) is 1.28. The molecule has 58 valence electrons. The van der Waals surface area contributed by atoms with E-state index in [1.807, 2.05) is 6.07 Å². The van der Waals surface area contributed by atoms with Crippen LogP contribution in [0, 0.1) is 0 Å². The highest BCUT2D eigenvalue weighted by atomic mass is 35.5. The minimum absolute atomic E-state index is 0.203. The molecule has 0 spiro atoms. The molecule has 3 heteroatoms. The van der Waals surface area contributed by atoms with Gasteiger partial charge in [-0.15, -0.1) is 0 Å². The summed E-state index contributed by atoms with van der Waals surface area (Å²) in [5, 5.41) is 9.27. The number of halogens is 1. The summed E-state index contributed by atoms with van der Waals surface area (Å²) in [4.78, 5) is 0. The zero-order valence-electron chi connectivity index (χ0n) is 6.08. The number of hydrogen-bond acceptors (Lipinski definition) is 2. The predicted octanol–water partition coefficient (Wildman–Crippen LogP) is 2.36. The molecule has 0 bridgehead atoms. The second-order valence-corrected chi connectivity index (χ2v) is 2.36. The van der Waals surface area contributed by atoms with Crippen LogP contribution in [0.15, 0.2) is 28.8 Å². The van der Waals surface area contributed by atoms with Gasteiger partial charge in [-0.05, 0) is 19.1 Å². The fourth-order valence-electron chi connectivity index (χ4n) is 0.825. The molecule has 2 nitrogen and oxygen atoms in total. The highest BCUT2D eigenvalue weighted by Crippen LogP contribution is 2.16. The second kappa shape index (κ2) is 3.39. The third-order valence-corrected chi connectivity index (χ3v) is 1.67. The Morgan fingerprint density at radius 3 is 2.64 bits per heavy atom. The van der Waals surface area contributed by atoms with E-state index in [-0.39, 0.29) is 5.75 Å². The lowest BCUT2D eigenvalue weighted by atomic mass is 10.1. The van der Waals surface area contributed by atoms with Crippen molar-refractivity contribution in [1.82, 2.24) is 0 Å². The summed E-state index contributed by atoms with van der Waals surface area (Å²) >= 11 is 5.24. The van der Waals surface area contributed by atoms with Gasteiger partial charge in [0, 0.05) is 17.3 Å². The van der Waals surface area contributed by atoms with Gasteiger partial charge in [-0.3, -0.25) is 0 Å². The molecule has 0 radical (unpaired) electrons. The Morgan fingerprint density at radius 2 is 2.09 bits per heavy atom. The van der Waals surface area contributed by atoms with Crippen LogP contribution >= 0.6 is 11.8 Å². The third-order valence-electron chi connectivity index (χ3n) is 1.42. The van der Waals surface area contributed by atoms with Gasteiger partial charge >= 0.3 is 0 Å². The summed E-state index contributed by atoms with van der Waals surface area (Å²) in [6.45, 7) is 1.74. The van der Waals surface area contributed by atoms with Crippen molar-refractivity contribution in [2.75, 3.05) is 0 Å². The lowest BCUT2D eigenvalue weighted by Gasteiger charge is -1.99. The molecule has 0 aliphatic heterocycles. The van der Waals surface area contributed by atoms with E-state index in [0.29, 0.717) is 11.3 Å². The molecule has 1 aromatic carbocycles. The van der Waals surface area contributed by atoms with E-state index in [0.717, 1.165) is 0 Å². The molecule has 1 N–H and O–H groups in total. The van der Waals surface area contributed by atoms with Crippen LogP contribution in [0.5, 0.6) is 5.75 Å². The van der Waals surface area contributed by atoms with Crippen molar-refractivity contribution < 1.29 is 5.11 Å². The van der Waals surface area contributed by atoms with Gasteiger partial charge in [0.2, 0.25) is 0 Å². The zero-order chi connectivity index (χ0) is 8.27. The van der Waals surface area contributed by atoms with Crippen molar-refractivity contribution in [3.05, 3.63) is 29.8 Å². The van der Waals surface area contributed by atoms with Crippen molar-refractivity contribution >= 4 is 17.5 Å². The van der Waals surface area contributed by atoms with E-state index < -0.39 is 0 Å². The molecule has 0 amide bonds. The SMILES string of the molecule is C/C(=N\Cl)c1ccccc1O. The molecule has 11 heavy (non-hydrogen) atoms. The van der Waals surface area contributed by atoms with Crippen LogP contribution in [-0.4, -0.2) is 10.8 Å². The molecular weight excluding hydrogens is 162 g/mol. The van der Waals surface area contributed by atoms with Crippen molar-refractivity contribution in [2.45, 2.75) is 6.92 Å². The van der Waals surface area contributed by atoms with Crippen molar-refractivity contribution in [3.8, 4) is 5.75 Å². The molecule has 0 fully saturated rings. The number of benzene rings is 1. The van der Waals surface area contributed by atoms with E-state index in [9.17, 15) is 5.11 Å². The molecular formula is C8H8ClNO. The maximum atomic E-state index is 9.27. The molecule has 0 aromatic heterocycles. The standard InChI is InChI=1S/C8H8ClNO/c1-6(10-9)7-4-2-3-5-8(7)11/h2-5,11H,1H3/b10-6+. The van der Waals surface area contributed by atoms with Crippen LogP contribution in [0.25, 0.3) is 0 Å². The maximum absolute atomic E-state index is 9.27. The maximum Gasteiger partial charge on any atom is 0.124 e. The molecule has 0 atom stereocenters. The number of hydrogen-bond donors (Lipinski definition) is 1. The molecule has 0 saturated carbocycles. The summed E-state index contributed by atoms with van der Waals surface area (Å²) in [5.74, 6) is 0.203. The van der Waals surface area contributed by atoms with Gasteiger partial charge in [0.25, 0.3) is 0 Å². The van der Waals surface area contributed by atoms with Crippen LogP contribution < -0.4 is 0 Å². The van der Waals surface area contributed by atoms with E-state index in [4.69, 9.17) is 11.8 Å². The lowest BCUT2D eigenvalue weighted by Crippen LogP contribution is -1.92. The predicted molar refractivity (Wildman–Crippen MR) is 46.2 cm³/mol. The zero-order valence-corrected chi connectivity index (χ0v) is 6.84. The first-order valence-electron chi connectivity index (χ1n) is 3.19. The molecule has 1 aromatic rings.